The fourth-order valence-electron chi connectivity index (χ4n) is 2.13. The number of anilines is 2. The zero-order chi connectivity index (χ0) is 13.4. The van der Waals surface area contributed by atoms with Crippen LogP contribution in [0.5, 0.6) is 0 Å². The van der Waals surface area contributed by atoms with Gasteiger partial charge in [-0.05, 0) is 25.1 Å². The van der Waals surface area contributed by atoms with Crippen LogP contribution in [0.4, 0.5) is 11.4 Å². The fourth-order valence-corrected chi connectivity index (χ4v) is 2.13. The normalized spacial score (nSPS) is 13.9. The number of furan rings is 1. The zero-order valence-corrected chi connectivity index (χ0v) is 10.3. The Hall–Kier alpha value is -2.56. The van der Waals surface area contributed by atoms with Crippen LogP contribution in [0.2, 0.25) is 0 Å². The molecule has 5 heteroatoms. The van der Waals surface area contributed by atoms with Gasteiger partial charge >= 0.3 is 0 Å². The third-order valence-corrected chi connectivity index (χ3v) is 2.99. The van der Waals surface area contributed by atoms with E-state index in [1.807, 2.05) is 12.1 Å². The number of carbonyl (C=O) groups excluding carboxylic acids is 2. The van der Waals surface area contributed by atoms with E-state index in [2.05, 4.69) is 5.32 Å². The number of amides is 2. The third kappa shape index (κ3) is 1.99. The lowest BCUT2D eigenvalue weighted by molar-refractivity contribution is -0.115. The monoisotopic (exact) mass is 256 g/mol. The Labute approximate surface area is 109 Å². The molecule has 2 amide bonds. The lowest BCUT2D eigenvalue weighted by Gasteiger charge is -2.28. The van der Waals surface area contributed by atoms with Gasteiger partial charge in [-0.2, -0.15) is 0 Å². The zero-order valence-electron chi connectivity index (χ0n) is 10.3. The molecule has 0 spiro atoms. The Kier molecular flexibility index (Phi) is 2.59. The van der Waals surface area contributed by atoms with Crippen LogP contribution < -0.4 is 10.2 Å². The van der Waals surface area contributed by atoms with Gasteiger partial charge in [0.1, 0.15) is 18.6 Å². The first-order valence-electron chi connectivity index (χ1n) is 5.91. The molecule has 0 fully saturated rings. The summed E-state index contributed by atoms with van der Waals surface area (Å²) in [6.07, 6.45) is 1.41. The van der Waals surface area contributed by atoms with Crippen LogP contribution in [0.25, 0.3) is 0 Å². The maximum absolute atomic E-state index is 12.4. The molecule has 0 aliphatic carbocycles. The van der Waals surface area contributed by atoms with E-state index in [1.165, 1.54) is 11.2 Å². The van der Waals surface area contributed by atoms with E-state index in [1.54, 1.807) is 25.1 Å². The molecule has 0 radical (unpaired) electrons. The van der Waals surface area contributed by atoms with Crippen molar-refractivity contribution in [1.82, 2.24) is 0 Å². The van der Waals surface area contributed by atoms with Crippen LogP contribution in [0.3, 0.4) is 0 Å². The molecule has 19 heavy (non-hydrogen) atoms. The average molecular weight is 256 g/mol. The highest BCUT2D eigenvalue weighted by molar-refractivity contribution is 6.15. The summed E-state index contributed by atoms with van der Waals surface area (Å²) in [6.45, 7) is 1.79. The van der Waals surface area contributed by atoms with Gasteiger partial charge in [0.25, 0.3) is 5.91 Å². The number of benzene rings is 1. The molecule has 5 nitrogen and oxygen atoms in total. The van der Waals surface area contributed by atoms with Crippen LogP contribution in [0, 0.1) is 6.92 Å². The Bertz CT molecular complexity index is 660. The van der Waals surface area contributed by atoms with Crippen LogP contribution in [0.1, 0.15) is 16.1 Å². The maximum atomic E-state index is 12.4. The molecule has 1 aliphatic heterocycles. The number of fused-ring (bicyclic) bond motifs is 1. The number of rotatable bonds is 1. The van der Waals surface area contributed by atoms with E-state index in [0.29, 0.717) is 22.7 Å². The minimum absolute atomic E-state index is 0.0140. The summed E-state index contributed by atoms with van der Waals surface area (Å²) >= 11 is 0. The van der Waals surface area contributed by atoms with E-state index < -0.39 is 0 Å². The number of hydrogen-bond donors (Lipinski definition) is 1. The smallest absolute Gasteiger partial charge is 0.262 e. The number of aryl methyl sites for hydroxylation is 1. The van der Waals surface area contributed by atoms with Gasteiger partial charge in [0, 0.05) is 0 Å². The van der Waals surface area contributed by atoms with E-state index in [9.17, 15) is 9.59 Å². The summed E-state index contributed by atoms with van der Waals surface area (Å²) in [6, 6.07) is 8.89. The highest BCUT2D eigenvalue weighted by atomic mass is 16.3. The summed E-state index contributed by atoms with van der Waals surface area (Å²) in [5.74, 6) is 0.226. The van der Waals surface area contributed by atoms with Crippen LogP contribution in [-0.2, 0) is 4.79 Å². The van der Waals surface area contributed by atoms with Crippen LogP contribution in [-0.4, -0.2) is 18.4 Å². The van der Waals surface area contributed by atoms with Gasteiger partial charge in [-0.3, -0.25) is 14.5 Å². The van der Waals surface area contributed by atoms with Crippen molar-refractivity contribution in [2.45, 2.75) is 6.92 Å². The van der Waals surface area contributed by atoms with Crippen molar-refractivity contribution >= 4 is 23.2 Å². The van der Waals surface area contributed by atoms with E-state index >= 15 is 0 Å². The molecule has 1 aromatic carbocycles. The second kappa shape index (κ2) is 4.28. The maximum Gasteiger partial charge on any atom is 0.262 e. The van der Waals surface area contributed by atoms with Crippen molar-refractivity contribution in [3.8, 4) is 0 Å². The van der Waals surface area contributed by atoms with E-state index in [0.717, 1.165) is 0 Å². The molecule has 0 bridgehead atoms. The van der Waals surface area contributed by atoms with Crippen molar-refractivity contribution in [3.63, 3.8) is 0 Å². The predicted molar refractivity (Wildman–Crippen MR) is 70.2 cm³/mol. The molecule has 0 saturated heterocycles. The number of para-hydroxylation sites is 2. The van der Waals surface area contributed by atoms with Crippen LogP contribution in [0.15, 0.2) is 41.0 Å². The second-order valence-corrected chi connectivity index (χ2v) is 4.40. The molecular weight excluding hydrogens is 244 g/mol. The van der Waals surface area contributed by atoms with Crippen molar-refractivity contribution in [2.24, 2.45) is 0 Å². The standard InChI is InChI=1S/C14H12N2O3/c1-9-6-10(8-19-9)14(18)16-7-13(17)15-11-4-2-3-5-12(11)16/h2-6,8H,7H2,1H3,(H,15,17). The molecule has 0 saturated carbocycles. The minimum atomic E-state index is -0.237. The molecule has 0 atom stereocenters. The van der Waals surface area contributed by atoms with Gasteiger partial charge in [0.15, 0.2) is 0 Å². The van der Waals surface area contributed by atoms with Crippen molar-refractivity contribution in [1.29, 1.82) is 0 Å². The van der Waals surface area contributed by atoms with Crippen molar-refractivity contribution in [3.05, 3.63) is 47.9 Å². The molecule has 1 aliphatic rings. The first kappa shape index (κ1) is 11.5. The van der Waals surface area contributed by atoms with Crippen molar-refractivity contribution in [2.75, 3.05) is 16.8 Å². The summed E-state index contributed by atoms with van der Waals surface area (Å²) in [5.41, 5.74) is 1.79. The molecule has 3 rings (SSSR count). The van der Waals surface area contributed by atoms with Crippen LogP contribution >= 0.6 is 0 Å². The van der Waals surface area contributed by atoms with Gasteiger partial charge in [0.2, 0.25) is 5.91 Å². The fraction of sp³-hybridized carbons (Fsp3) is 0.143. The SMILES string of the molecule is Cc1cc(C(=O)N2CC(=O)Nc3ccccc32)co1. The van der Waals surface area contributed by atoms with Crippen molar-refractivity contribution < 1.29 is 14.0 Å². The van der Waals surface area contributed by atoms with Gasteiger partial charge in [-0.15, -0.1) is 0 Å². The highest BCUT2D eigenvalue weighted by Gasteiger charge is 2.27. The third-order valence-electron chi connectivity index (χ3n) is 2.99. The topological polar surface area (TPSA) is 62.6 Å². The summed E-state index contributed by atoms with van der Waals surface area (Å²) in [7, 11) is 0. The molecule has 1 aromatic heterocycles. The molecular formula is C14H12N2O3. The second-order valence-electron chi connectivity index (χ2n) is 4.40. The predicted octanol–water partition coefficient (Wildman–Crippen LogP) is 2.19. The lowest BCUT2D eigenvalue weighted by atomic mass is 10.1. The van der Waals surface area contributed by atoms with Gasteiger partial charge in [-0.1, -0.05) is 12.1 Å². The van der Waals surface area contributed by atoms with E-state index in [-0.39, 0.29) is 18.4 Å². The summed E-state index contributed by atoms with van der Waals surface area (Å²) in [5, 5.41) is 2.75. The number of nitrogens with one attached hydrogen (secondary N) is 1. The number of nitrogens with zero attached hydrogens (tertiary/aromatic N) is 1. The Morgan fingerprint density at radius 3 is 2.89 bits per heavy atom. The largest absolute Gasteiger partial charge is 0.469 e. The Morgan fingerprint density at radius 1 is 1.37 bits per heavy atom. The first-order valence-corrected chi connectivity index (χ1v) is 5.91. The quantitative estimate of drug-likeness (QED) is 0.850. The number of carbonyl (C=O) groups is 2. The molecule has 0 unspecified atom stereocenters. The van der Waals surface area contributed by atoms with Gasteiger partial charge < -0.3 is 9.73 Å². The summed E-state index contributed by atoms with van der Waals surface area (Å²) in [4.78, 5) is 25.5. The minimum Gasteiger partial charge on any atom is -0.469 e. The Balaban J connectivity index is 2.01. The molecule has 96 valence electrons. The number of hydrogen-bond acceptors (Lipinski definition) is 3. The summed E-state index contributed by atoms with van der Waals surface area (Å²) < 4.78 is 5.14. The molecule has 2 aromatic rings. The van der Waals surface area contributed by atoms with E-state index in [4.69, 9.17) is 4.42 Å². The first-order chi connectivity index (χ1) is 9.15. The molecule has 2 heterocycles. The van der Waals surface area contributed by atoms with Gasteiger partial charge in [-0.25, -0.2) is 0 Å². The average Bonchev–Trinajstić information content (AvgIpc) is 2.83. The van der Waals surface area contributed by atoms with Gasteiger partial charge in [0.05, 0.1) is 16.9 Å². The highest BCUT2D eigenvalue weighted by Crippen LogP contribution is 2.30. The Morgan fingerprint density at radius 2 is 2.16 bits per heavy atom. The molecule has 1 N–H and O–H groups in total. The lowest BCUT2D eigenvalue weighted by Crippen LogP contribution is -2.42.